The lowest BCUT2D eigenvalue weighted by Gasteiger charge is -2.62. The van der Waals surface area contributed by atoms with E-state index in [0.717, 1.165) is 53.7 Å². The van der Waals surface area contributed by atoms with Crippen LogP contribution in [0, 0.1) is 59.1 Å². The van der Waals surface area contributed by atoms with Crippen molar-refractivity contribution in [1.82, 2.24) is 4.98 Å². The first-order valence-corrected chi connectivity index (χ1v) is 15.3. The summed E-state index contributed by atoms with van der Waals surface area (Å²) in [6.07, 6.45) is 10.6. The number of aryl methyl sites for hydroxylation is 2. The van der Waals surface area contributed by atoms with E-state index in [9.17, 15) is 14.6 Å². The Kier molecular flexibility index (Phi) is 6.33. The predicted molar refractivity (Wildman–Crippen MR) is 144 cm³/mol. The molecule has 5 heteroatoms. The molecular formula is C31H44FNO2S. The van der Waals surface area contributed by atoms with E-state index in [1.54, 1.807) is 17.4 Å². The summed E-state index contributed by atoms with van der Waals surface area (Å²) in [5, 5.41) is 22.9. The molecule has 3 nitrogen and oxygen atoms in total. The number of rotatable bonds is 4. The van der Waals surface area contributed by atoms with Crippen molar-refractivity contribution in [3.63, 3.8) is 0 Å². The largest absolute Gasteiger partial charge is 0.393 e. The molecule has 4 fully saturated rings. The van der Waals surface area contributed by atoms with Crippen molar-refractivity contribution < 1.29 is 14.6 Å². The SMILES string of the molecule is Cc1cc2sc(CCC(C)[C@H]3CC[C@H]4[C@@H]5[C@H](O)C[C@@H]6C[C@H](O)CC[C@]6(C)[C@H]5CC[C@]34C)nc2cc1F. The molecular weight excluding hydrogens is 469 g/mol. The van der Waals surface area contributed by atoms with Crippen LogP contribution in [0.4, 0.5) is 4.39 Å². The second-order valence-corrected chi connectivity index (χ2v) is 14.8. The standard InChI is InChI=1S/C31H44FNO2S/c1-17(5-8-28-33-25-16-24(32)18(2)13-27(25)36-28)21-6-7-22-29-23(10-12-31(21,22)4)30(3)11-9-20(34)14-19(30)15-26(29)35/h13,16-17,19-23,26,29,34-35H,5-12,14-15H2,1-4H3/t17?,19-,20+,21+,22-,23-,26+,29-,30-,31+/m0/s1. The lowest BCUT2D eigenvalue weighted by Crippen LogP contribution is -2.58. The maximum absolute atomic E-state index is 14.0. The van der Waals surface area contributed by atoms with Crippen molar-refractivity contribution >= 4 is 21.6 Å². The minimum atomic E-state index is -0.205. The van der Waals surface area contributed by atoms with Gasteiger partial charge in [0.2, 0.25) is 0 Å². The second-order valence-electron chi connectivity index (χ2n) is 13.6. The van der Waals surface area contributed by atoms with Crippen LogP contribution in [0.15, 0.2) is 12.1 Å². The van der Waals surface area contributed by atoms with Crippen LogP contribution in [-0.4, -0.2) is 27.4 Å². The summed E-state index contributed by atoms with van der Waals surface area (Å²) in [7, 11) is 0. The third-order valence-corrected chi connectivity index (χ3v) is 13.0. The molecule has 1 aromatic carbocycles. The Bertz CT molecular complexity index is 1090. The Hall–Kier alpha value is -1.04. The van der Waals surface area contributed by atoms with E-state index in [4.69, 9.17) is 4.98 Å². The van der Waals surface area contributed by atoms with Gasteiger partial charge in [0, 0.05) is 6.07 Å². The van der Waals surface area contributed by atoms with Gasteiger partial charge in [-0.3, -0.25) is 0 Å². The third-order valence-electron chi connectivity index (χ3n) is 11.9. The molecule has 0 bridgehead atoms. The molecule has 6 rings (SSSR count). The summed E-state index contributed by atoms with van der Waals surface area (Å²) in [6.45, 7) is 9.31. The fraction of sp³-hybridized carbons (Fsp3) is 0.774. The Morgan fingerprint density at radius 3 is 2.61 bits per heavy atom. The molecule has 2 aromatic rings. The topological polar surface area (TPSA) is 53.4 Å². The smallest absolute Gasteiger partial charge is 0.128 e. The maximum atomic E-state index is 14.0. The first kappa shape index (κ1) is 25.2. The number of hydrogen-bond donors (Lipinski definition) is 2. The molecule has 1 heterocycles. The highest BCUT2D eigenvalue weighted by Gasteiger charge is 2.62. The van der Waals surface area contributed by atoms with E-state index in [1.807, 2.05) is 13.0 Å². The molecule has 0 amide bonds. The molecule has 10 atom stereocenters. The van der Waals surface area contributed by atoms with Crippen molar-refractivity contribution in [3.8, 4) is 0 Å². The van der Waals surface area contributed by atoms with Gasteiger partial charge in [-0.25, -0.2) is 9.37 Å². The van der Waals surface area contributed by atoms with Crippen molar-refractivity contribution in [2.24, 2.45) is 46.3 Å². The highest BCUT2D eigenvalue weighted by atomic mass is 32.1. The van der Waals surface area contributed by atoms with Crippen LogP contribution < -0.4 is 0 Å². The minimum absolute atomic E-state index is 0.164. The number of aromatic nitrogens is 1. The van der Waals surface area contributed by atoms with Crippen molar-refractivity contribution in [1.29, 1.82) is 0 Å². The number of benzene rings is 1. The molecule has 1 aromatic heterocycles. The predicted octanol–water partition coefficient (Wildman–Crippen LogP) is 7.30. The number of thiazole rings is 1. The summed E-state index contributed by atoms with van der Waals surface area (Å²) in [5.41, 5.74) is 2.09. The molecule has 1 unspecified atom stereocenters. The third kappa shape index (κ3) is 3.90. The maximum Gasteiger partial charge on any atom is 0.128 e. The minimum Gasteiger partial charge on any atom is -0.393 e. The van der Waals surface area contributed by atoms with Crippen LogP contribution >= 0.6 is 11.3 Å². The van der Waals surface area contributed by atoms with E-state index in [0.29, 0.717) is 51.9 Å². The first-order valence-electron chi connectivity index (χ1n) is 14.5. The van der Waals surface area contributed by atoms with Gasteiger partial charge in [0.05, 0.1) is 27.4 Å². The van der Waals surface area contributed by atoms with Gasteiger partial charge < -0.3 is 10.2 Å². The van der Waals surface area contributed by atoms with Gasteiger partial charge >= 0.3 is 0 Å². The van der Waals surface area contributed by atoms with E-state index >= 15 is 0 Å². The second kappa shape index (κ2) is 9.02. The van der Waals surface area contributed by atoms with E-state index in [-0.39, 0.29) is 18.0 Å². The summed E-state index contributed by atoms with van der Waals surface area (Å²) >= 11 is 1.72. The number of hydrogen-bond acceptors (Lipinski definition) is 4. The van der Waals surface area contributed by atoms with Gasteiger partial charge in [-0.2, -0.15) is 0 Å². The Balaban J connectivity index is 1.17. The molecule has 0 aliphatic heterocycles. The van der Waals surface area contributed by atoms with Crippen molar-refractivity contribution in [3.05, 3.63) is 28.5 Å². The molecule has 4 saturated carbocycles. The molecule has 2 N–H and O–H groups in total. The summed E-state index contributed by atoms with van der Waals surface area (Å²) in [5.74, 6) is 3.29. The van der Waals surface area contributed by atoms with Gasteiger partial charge in [0.15, 0.2) is 0 Å². The number of fused-ring (bicyclic) bond motifs is 6. The van der Waals surface area contributed by atoms with Crippen LogP contribution in [-0.2, 0) is 6.42 Å². The zero-order valence-corrected chi connectivity index (χ0v) is 23.3. The Labute approximate surface area is 219 Å². The lowest BCUT2D eigenvalue weighted by molar-refractivity contribution is -0.174. The summed E-state index contributed by atoms with van der Waals surface area (Å²) in [4.78, 5) is 4.75. The van der Waals surface area contributed by atoms with E-state index in [1.165, 1.54) is 25.7 Å². The number of aliphatic hydroxyl groups excluding tert-OH is 2. The van der Waals surface area contributed by atoms with Crippen molar-refractivity contribution in [2.45, 2.75) is 104 Å². The lowest BCUT2D eigenvalue weighted by atomic mass is 9.43. The van der Waals surface area contributed by atoms with Gasteiger partial charge in [0.1, 0.15) is 5.82 Å². The van der Waals surface area contributed by atoms with Gasteiger partial charge in [-0.15, -0.1) is 11.3 Å². The number of nitrogens with zero attached hydrogens (tertiary/aromatic N) is 1. The highest BCUT2D eigenvalue weighted by molar-refractivity contribution is 7.18. The molecule has 0 spiro atoms. The first-order chi connectivity index (χ1) is 17.1. The number of halogens is 1. The quantitative estimate of drug-likeness (QED) is 0.451. The van der Waals surface area contributed by atoms with E-state index < -0.39 is 0 Å². The summed E-state index contributed by atoms with van der Waals surface area (Å²) < 4.78 is 15.1. The highest BCUT2D eigenvalue weighted by Crippen LogP contribution is 2.68. The molecule has 36 heavy (non-hydrogen) atoms. The van der Waals surface area contributed by atoms with Crippen molar-refractivity contribution in [2.75, 3.05) is 0 Å². The van der Waals surface area contributed by atoms with Gasteiger partial charge in [-0.1, -0.05) is 20.8 Å². The van der Waals surface area contributed by atoms with Crippen LogP contribution in [0.5, 0.6) is 0 Å². The molecule has 0 saturated heterocycles. The average Bonchev–Trinajstić information content (AvgIpc) is 3.39. The fourth-order valence-electron chi connectivity index (χ4n) is 9.93. The molecule has 0 radical (unpaired) electrons. The summed E-state index contributed by atoms with van der Waals surface area (Å²) in [6, 6.07) is 3.52. The Morgan fingerprint density at radius 1 is 1.06 bits per heavy atom. The van der Waals surface area contributed by atoms with Crippen LogP contribution in [0.2, 0.25) is 0 Å². The van der Waals surface area contributed by atoms with Crippen LogP contribution in [0.3, 0.4) is 0 Å². The monoisotopic (exact) mass is 513 g/mol. The van der Waals surface area contributed by atoms with Crippen LogP contribution in [0.1, 0.15) is 89.1 Å². The normalized spacial score (nSPS) is 43.1. The molecule has 4 aliphatic rings. The van der Waals surface area contributed by atoms with Crippen LogP contribution in [0.25, 0.3) is 10.2 Å². The molecule has 198 valence electrons. The average molecular weight is 514 g/mol. The zero-order chi connectivity index (χ0) is 25.4. The van der Waals surface area contributed by atoms with Gasteiger partial charge in [0.25, 0.3) is 0 Å². The number of aliphatic hydroxyl groups is 2. The fourth-order valence-corrected chi connectivity index (χ4v) is 11.0. The van der Waals surface area contributed by atoms with E-state index in [2.05, 4.69) is 20.8 Å². The van der Waals surface area contributed by atoms with Gasteiger partial charge in [-0.05, 0) is 129 Å². The Morgan fingerprint density at radius 2 is 1.81 bits per heavy atom. The zero-order valence-electron chi connectivity index (χ0n) is 22.5. The molecule has 4 aliphatic carbocycles.